The fraction of sp³-hybridized carbons (Fsp3) is 0.222. The average Bonchev–Trinajstić information content (AvgIpc) is 3.28. The number of pyridine rings is 1. The van der Waals surface area contributed by atoms with Gasteiger partial charge in [0.1, 0.15) is 6.04 Å². The molecule has 1 aliphatic heterocycles. The standard InChI is InChI=1S/C18H15Cl2N3O2/c19-12-4-3-11-15(23-7-1-2-14(23)18(24)25)8-13(10-5-6-21-9-10)22-17(11)16(12)20/h3-6,8-9,14,21H,1-2,7H2,(H,24,25)/t14-/m0/s1. The van der Waals surface area contributed by atoms with Crippen LogP contribution in [-0.2, 0) is 4.79 Å². The number of aromatic amines is 1. The highest BCUT2D eigenvalue weighted by Crippen LogP contribution is 2.39. The third kappa shape index (κ3) is 2.73. The lowest BCUT2D eigenvalue weighted by molar-refractivity contribution is -0.138. The van der Waals surface area contributed by atoms with Gasteiger partial charge in [-0.1, -0.05) is 23.2 Å². The molecule has 3 heterocycles. The molecular formula is C18H15Cl2N3O2. The predicted molar refractivity (Wildman–Crippen MR) is 99.6 cm³/mol. The zero-order chi connectivity index (χ0) is 17.6. The van der Waals surface area contributed by atoms with Gasteiger partial charge in [-0.05, 0) is 37.1 Å². The Morgan fingerprint density at radius 3 is 2.88 bits per heavy atom. The molecule has 0 aliphatic carbocycles. The molecule has 0 saturated carbocycles. The van der Waals surface area contributed by atoms with E-state index in [0.29, 0.717) is 28.5 Å². The highest BCUT2D eigenvalue weighted by Gasteiger charge is 2.32. The lowest BCUT2D eigenvalue weighted by atomic mass is 10.1. The van der Waals surface area contributed by atoms with E-state index in [4.69, 9.17) is 23.2 Å². The van der Waals surface area contributed by atoms with Crippen LogP contribution < -0.4 is 4.90 Å². The summed E-state index contributed by atoms with van der Waals surface area (Å²) in [5, 5.41) is 11.2. The van der Waals surface area contributed by atoms with Gasteiger partial charge in [0.25, 0.3) is 0 Å². The van der Waals surface area contributed by atoms with Crippen molar-refractivity contribution in [3.63, 3.8) is 0 Å². The van der Waals surface area contributed by atoms with Crippen LogP contribution in [0.1, 0.15) is 12.8 Å². The number of rotatable bonds is 3. The summed E-state index contributed by atoms with van der Waals surface area (Å²) in [7, 11) is 0. The van der Waals surface area contributed by atoms with Crippen molar-refractivity contribution in [2.24, 2.45) is 0 Å². The maximum atomic E-state index is 11.6. The number of carboxylic acids is 1. The quantitative estimate of drug-likeness (QED) is 0.702. The Bertz CT molecular complexity index is 957. The Morgan fingerprint density at radius 1 is 1.32 bits per heavy atom. The lowest BCUT2D eigenvalue weighted by Crippen LogP contribution is -2.36. The van der Waals surface area contributed by atoms with Crippen LogP contribution >= 0.6 is 23.2 Å². The SMILES string of the molecule is O=C(O)[C@@H]1CCCN1c1cc(-c2cc[nH]c2)nc2c(Cl)c(Cl)ccc12. The lowest BCUT2D eigenvalue weighted by Gasteiger charge is -2.26. The number of hydrogen-bond acceptors (Lipinski definition) is 3. The van der Waals surface area contributed by atoms with E-state index < -0.39 is 12.0 Å². The van der Waals surface area contributed by atoms with Crippen LogP contribution in [0.3, 0.4) is 0 Å². The van der Waals surface area contributed by atoms with Crippen molar-refractivity contribution in [3.05, 3.63) is 46.7 Å². The fourth-order valence-electron chi connectivity index (χ4n) is 3.40. The monoisotopic (exact) mass is 375 g/mol. The van der Waals surface area contributed by atoms with Gasteiger partial charge in [0.05, 0.1) is 21.3 Å². The molecule has 1 atom stereocenters. The van der Waals surface area contributed by atoms with Gasteiger partial charge in [-0.3, -0.25) is 0 Å². The first-order valence-electron chi connectivity index (χ1n) is 7.97. The number of halogens is 2. The van der Waals surface area contributed by atoms with Crippen molar-refractivity contribution in [2.75, 3.05) is 11.4 Å². The van der Waals surface area contributed by atoms with E-state index in [1.165, 1.54) is 0 Å². The Morgan fingerprint density at radius 2 is 2.16 bits per heavy atom. The summed E-state index contributed by atoms with van der Waals surface area (Å²) in [4.78, 5) is 21.3. The number of carbonyl (C=O) groups is 1. The van der Waals surface area contributed by atoms with Gasteiger partial charge in [-0.2, -0.15) is 0 Å². The van der Waals surface area contributed by atoms with Gasteiger partial charge in [0.2, 0.25) is 0 Å². The van der Waals surface area contributed by atoms with Gasteiger partial charge < -0.3 is 15.0 Å². The molecule has 128 valence electrons. The van der Waals surface area contributed by atoms with Gasteiger partial charge in [0, 0.05) is 35.6 Å². The molecule has 1 aliphatic rings. The first-order valence-corrected chi connectivity index (χ1v) is 8.73. The second-order valence-corrected chi connectivity index (χ2v) is 6.86. The summed E-state index contributed by atoms with van der Waals surface area (Å²) in [6.07, 6.45) is 5.12. The number of hydrogen-bond donors (Lipinski definition) is 2. The van der Waals surface area contributed by atoms with Crippen molar-refractivity contribution >= 4 is 45.8 Å². The van der Waals surface area contributed by atoms with Crippen LogP contribution in [0.5, 0.6) is 0 Å². The summed E-state index contributed by atoms with van der Waals surface area (Å²) in [6.45, 7) is 0.683. The number of fused-ring (bicyclic) bond motifs is 1. The Hall–Kier alpha value is -2.24. The van der Waals surface area contributed by atoms with E-state index in [2.05, 4.69) is 9.97 Å². The molecule has 2 aromatic heterocycles. The van der Waals surface area contributed by atoms with Crippen LogP contribution in [0.4, 0.5) is 5.69 Å². The highest BCUT2D eigenvalue weighted by molar-refractivity contribution is 6.45. The van der Waals surface area contributed by atoms with E-state index in [1.54, 1.807) is 6.07 Å². The van der Waals surface area contributed by atoms with Crippen LogP contribution in [-0.4, -0.2) is 33.6 Å². The van der Waals surface area contributed by atoms with Crippen LogP contribution in [0.15, 0.2) is 36.7 Å². The molecular weight excluding hydrogens is 361 g/mol. The van der Waals surface area contributed by atoms with Crippen molar-refractivity contribution in [1.82, 2.24) is 9.97 Å². The molecule has 1 aromatic carbocycles. The minimum Gasteiger partial charge on any atom is -0.480 e. The van der Waals surface area contributed by atoms with Gasteiger partial charge in [-0.25, -0.2) is 9.78 Å². The number of carboxylic acid groups (broad SMARTS) is 1. The van der Waals surface area contributed by atoms with Crippen LogP contribution in [0, 0.1) is 0 Å². The maximum Gasteiger partial charge on any atom is 0.326 e. The first-order chi connectivity index (χ1) is 12.1. The summed E-state index contributed by atoms with van der Waals surface area (Å²) in [5.41, 5.74) is 3.04. The Balaban J connectivity index is 1.99. The maximum absolute atomic E-state index is 11.6. The second kappa shape index (κ2) is 6.24. The van der Waals surface area contributed by atoms with E-state index in [0.717, 1.165) is 28.8 Å². The molecule has 5 nitrogen and oxygen atoms in total. The zero-order valence-corrected chi connectivity index (χ0v) is 14.7. The number of aromatic nitrogens is 2. The highest BCUT2D eigenvalue weighted by atomic mass is 35.5. The van der Waals surface area contributed by atoms with Crippen molar-refractivity contribution in [3.8, 4) is 11.3 Å². The van der Waals surface area contributed by atoms with Crippen molar-refractivity contribution in [2.45, 2.75) is 18.9 Å². The largest absolute Gasteiger partial charge is 0.480 e. The normalized spacial score (nSPS) is 17.4. The minimum absolute atomic E-state index is 0.379. The number of anilines is 1. The predicted octanol–water partition coefficient (Wildman–Crippen LogP) is 4.59. The minimum atomic E-state index is -0.814. The average molecular weight is 376 g/mol. The second-order valence-electron chi connectivity index (χ2n) is 6.07. The summed E-state index contributed by atoms with van der Waals surface area (Å²) in [5.74, 6) is -0.814. The zero-order valence-electron chi connectivity index (χ0n) is 13.2. The topological polar surface area (TPSA) is 69.2 Å². The molecule has 1 saturated heterocycles. The van der Waals surface area contributed by atoms with E-state index in [1.807, 2.05) is 35.5 Å². The third-order valence-corrected chi connectivity index (χ3v) is 5.39. The van der Waals surface area contributed by atoms with E-state index in [-0.39, 0.29) is 0 Å². The molecule has 0 radical (unpaired) electrons. The molecule has 0 amide bonds. The van der Waals surface area contributed by atoms with Gasteiger partial charge >= 0.3 is 5.97 Å². The van der Waals surface area contributed by atoms with Crippen LogP contribution in [0.2, 0.25) is 10.0 Å². The molecule has 25 heavy (non-hydrogen) atoms. The van der Waals surface area contributed by atoms with Crippen LogP contribution in [0.25, 0.3) is 22.2 Å². The summed E-state index contributed by atoms with van der Waals surface area (Å²) >= 11 is 12.6. The Labute approximate surface area is 154 Å². The Kier molecular flexibility index (Phi) is 4.06. The molecule has 1 fully saturated rings. The van der Waals surface area contributed by atoms with Gasteiger partial charge in [0.15, 0.2) is 0 Å². The molecule has 0 spiro atoms. The smallest absolute Gasteiger partial charge is 0.326 e. The van der Waals surface area contributed by atoms with Gasteiger partial charge in [-0.15, -0.1) is 0 Å². The third-order valence-electron chi connectivity index (χ3n) is 4.59. The van der Waals surface area contributed by atoms with Crippen molar-refractivity contribution in [1.29, 1.82) is 0 Å². The van der Waals surface area contributed by atoms with E-state index in [9.17, 15) is 9.90 Å². The number of aliphatic carboxylic acids is 1. The number of H-pyrrole nitrogens is 1. The number of nitrogens with zero attached hydrogens (tertiary/aromatic N) is 2. The summed E-state index contributed by atoms with van der Waals surface area (Å²) in [6, 6.07) is 6.87. The molecule has 2 N–H and O–H groups in total. The molecule has 0 unspecified atom stereocenters. The molecule has 7 heteroatoms. The number of nitrogens with one attached hydrogen (secondary N) is 1. The fourth-order valence-corrected chi connectivity index (χ4v) is 3.76. The summed E-state index contributed by atoms with van der Waals surface area (Å²) < 4.78 is 0. The molecule has 4 rings (SSSR count). The van der Waals surface area contributed by atoms with E-state index >= 15 is 0 Å². The molecule has 3 aromatic rings. The molecule has 0 bridgehead atoms. The first kappa shape index (κ1) is 16.2. The van der Waals surface area contributed by atoms with Crippen molar-refractivity contribution < 1.29 is 9.90 Å². The number of benzene rings is 1.